The zero-order valence-electron chi connectivity index (χ0n) is 18.4. The Morgan fingerprint density at radius 1 is 0.971 bits per heavy atom. The molecule has 0 bridgehead atoms. The summed E-state index contributed by atoms with van der Waals surface area (Å²) < 4.78 is 3.48. The van der Waals surface area contributed by atoms with Gasteiger partial charge in [-0.05, 0) is 59.5 Å². The molecule has 168 valence electrons. The summed E-state index contributed by atoms with van der Waals surface area (Å²) >= 11 is 0. The van der Waals surface area contributed by atoms with E-state index in [1.54, 1.807) is 16.8 Å². The van der Waals surface area contributed by atoms with Crippen molar-refractivity contribution < 1.29 is 0 Å². The van der Waals surface area contributed by atoms with Gasteiger partial charge < -0.3 is 0 Å². The summed E-state index contributed by atoms with van der Waals surface area (Å²) in [6.07, 6.45) is 7.66. The number of aromatic amines is 1. The standard InChI is InChI=1S/C25H22N8O/c34-23-14-13-19(28-33(23)20-11-5-4-10-18(20)16-22-26-30-31-27-22)24-21-12-6-7-15-32(21)29-25(24)17-8-2-1-3-9-17/h1-3,6-9,12-16,20H,4-5,10-11H2,(H,26,27,30,31)/b18-16-. The fourth-order valence-electron chi connectivity index (χ4n) is 4.70. The first-order chi connectivity index (χ1) is 16.8. The molecule has 1 aliphatic carbocycles. The Kier molecular flexibility index (Phi) is 5.06. The molecule has 34 heavy (non-hydrogen) atoms. The van der Waals surface area contributed by atoms with Gasteiger partial charge in [-0.3, -0.25) is 4.79 Å². The van der Waals surface area contributed by atoms with Crippen molar-refractivity contribution >= 4 is 11.6 Å². The molecular formula is C25H22N8O. The lowest BCUT2D eigenvalue weighted by atomic mass is 9.89. The fourth-order valence-corrected chi connectivity index (χ4v) is 4.70. The average molecular weight is 451 g/mol. The van der Waals surface area contributed by atoms with Crippen LogP contribution in [0.4, 0.5) is 0 Å². The van der Waals surface area contributed by atoms with Crippen LogP contribution in [0.1, 0.15) is 37.5 Å². The van der Waals surface area contributed by atoms with Crippen LogP contribution in [-0.4, -0.2) is 40.0 Å². The number of fused-ring (bicyclic) bond motifs is 1. The molecule has 0 radical (unpaired) electrons. The third kappa shape index (κ3) is 3.61. The summed E-state index contributed by atoms with van der Waals surface area (Å²) in [6.45, 7) is 0. The fraction of sp³-hybridized carbons (Fsp3) is 0.200. The Hall–Kier alpha value is -4.40. The number of tetrazole rings is 1. The smallest absolute Gasteiger partial charge is 0.267 e. The highest BCUT2D eigenvalue weighted by molar-refractivity contribution is 5.90. The Labute approximate surface area is 194 Å². The third-order valence-corrected chi connectivity index (χ3v) is 6.27. The summed E-state index contributed by atoms with van der Waals surface area (Å²) in [6, 6.07) is 19.3. The van der Waals surface area contributed by atoms with Crippen molar-refractivity contribution in [3.05, 3.63) is 88.6 Å². The third-order valence-electron chi connectivity index (χ3n) is 6.27. The van der Waals surface area contributed by atoms with Crippen LogP contribution in [0.2, 0.25) is 0 Å². The monoisotopic (exact) mass is 450 g/mol. The second kappa shape index (κ2) is 8.51. The number of rotatable bonds is 4. The molecule has 4 heterocycles. The van der Waals surface area contributed by atoms with Crippen LogP contribution in [0.25, 0.3) is 34.1 Å². The lowest BCUT2D eigenvalue weighted by molar-refractivity contribution is 0.399. The van der Waals surface area contributed by atoms with E-state index in [1.165, 1.54) is 0 Å². The van der Waals surface area contributed by atoms with Gasteiger partial charge in [0.1, 0.15) is 5.69 Å². The predicted molar refractivity (Wildman–Crippen MR) is 128 cm³/mol. The van der Waals surface area contributed by atoms with Crippen LogP contribution in [0.3, 0.4) is 0 Å². The highest BCUT2D eigenvalue weighted by atomic mass is 16.1. The quantitative estimate of drug-likeness (QED) is 0.445. The predicted octanol–water partition coefficient (Wildman–Crippen LogP) is 3.94. The van der Waals surface area contributed by atoms with E-state index in [0.29, 0.717) is 11.5 Å². The molecule has 1 unspecified atom stereocenters. The van der Waals surface area contributed by atoms with E-state index in [0.717, 1.165) is 53.6 Å². The van der Waals surface area contributed by atoms with Gasteiger partial charge in [0.2, 0.25) is 0 Å². The maximum Gasteiger partial charge on any atom is 0.267 e. The number of nitrogens with zero attached hydrogens (tertiary/aromatic N) is 7. The molecule has 1 aliphatic rings. The number of H-pyrrole nitrogens is 1. The molecule has 1 atom stereocenters. The van der Waals surface area contributed by atoms with Crippen molar-refractivity contribution in [2.24, 2.45) is 0 Å². The summed E-state index contributed by atoms with van der Waals surface area (Å²) in [4.78, 5) is 13.0. The van der Waals surface area contributed by atoms with Gasteiger partial charge in [-0.25, -0.2) is 14.3 Å². The minimum Gasteiger partial charge on any atom is -0.268 e. The largest absolute Gasteiger partial charge is 0.268 e. The normalized spacial score (nSPS) is 17.4. The molecule has 0 saturated heterocycles. The maximum atomic E-state index is 13.0. The van der Waals surface area contributed by atoms with E-state index in [4.69, 9.17) is 10.2 Å². The molecule has 5 aromatic rings. The van der Waals surface area contributed by atoms with Crippen molar-refractivity contribution in [1.82, 2.24) is 40.0 Å². The number of hydrogen-bond donors (Lipinski definition) is 1. The summed E-state index contributed by atoms with van der Waals surface area (Å²) in [5, 5.41) is 23.8. The van der Waals surface area contributed by atoms with Crippen LogP contribution < -0.4 is 5.56 Å². The minimum atomic E-state index is -0.145. The second-order valence-corrected chi connectivity index (χ2v) is 8.39. The van der Waals surface area contributed by atoms with Crippen LogP contribution >= 0.6 is 0 Å². The number of benzene rings is 1. The van der Waals surface area contributed by atoms with Gasteiger partial charge in [0.15, 0.2) is 5.82 Å². The van der Waals surface area contributed by atoms with Crippen molar-refractivity contribution in [3.8, 4) is 22.5 Å². The van der Waals surface area contributed by atoms with E-state index in [2.05, 4.69) is 20.6 Å². The number of hydrogen-bond acceptors (Lipinski definition) is 6. The van der Waals surface area contributed by atoms with Crippen molar-refractivity contribution in [2.45, 2.75) is 31.7 Å². The van der Waals surface area contributed by atoms with Crippen LogP contribution in [0.5, 0.6) is 0 Å². The molecule has 6 rings (SSSR count). The first-order valence-electron chi connectivity index (χ1n) is 11.4. The molecule has 1 fully saturated rings. The van der Waals surface area contributed by atoms with Gasteiger partial charge in [0, 0.05) is 17.8 Å². The molecule has 1 N–H and O–H groups in total. The van der Waals surface area contributed by atoms with E-state index in [-0.39, 0.29) is 11.6 Å². The summed E-state index contributed by atoms with van der Waals surface area (Å²) in [5.74, 6) is 0.583. The van der Waals surface area contributed by atoms with Gasteiger partial charge in [-0.15, -0.1) is 5.10 Å². The zero-order valence-corrected chi connectivity index (χ0v) is 18.4. The molecule has 0 amide bonds. The van der Waals surface area contributed by atoms with E-state index >= 15 is 0 Å². The molecule has 1 saturated carbocycles. The van der Waals surface area contributed by atoms with Crippen molar-refractivity contribution in [1.29, 1.82) is 0 Å². The van der Waals surface area contributed by atoms with E-state index in [9.17, 15) is 4.79 Å². The van der Waals surface area contributed by atoms with E-state index in [1.807, 2.05) is 65.3 Å². The van der Waals surface area contributed by atoms with Gasteiger partial charge in [-0.2, -0.15) is 10.2 Å². The van der Waals surface area contributed by atoms with E-state index < -0.39 is 0 Å². The lowest BCUT2D eigenvalue weighted by Crippen LogP contribution is -2.29. The molecule has 0 spiro atoms. The Balaban J connectivity index is 1.52. The molecule has 9 heteroatoms. The average Bonchev–Trinajstić information content (AvgIpc) is 3.53. The van der Waals surface area contributed by atoms with Gasteiger partial charge in [0.25, 0.3) is 5.56 Å². The molecule has 0 aliphatic heterocycles. The number of aromatic nitrogens is 8. The lowest BCUT2D eigenvalue weighted by Gasteiger charge is -2.26. The number of pyridine rings is 1. The Bertz CT molecular complexity index is 1530. The SMILES string of the molecule is O=c1ccc(-c2c(-c3ccccc3)nn3ccccc23)nn1C1CCCC/C1=C/c1nnn[nH]1. The van der Waals surface area contributed by atoms with Gasteiger partial charge in [0.05, 0.1) is 22.8 Å². The maximum absolute atomic E-state index is 13.0. The van der Waals surface area contributed by atoms with Gasteiger partial charge >= 0.3 is 0 Å². The highest BCUT2D eigenvalue weighted by Crippen LogP contribution is 2.36. The Morgan fingerprint density at radius 3 is 2.71 bits per heavy atom. The molecular weight excluding hydrogens is 428 g/mol. The zero-order chi connectivity index (χ0) is 22.9. The molecule has 1 aromatic carbocycles. The Morgan fingerprint density at radius 2 is 1.85 bits per heavy atom. The number of nitrogens with one attached hydrogen (secondary N) is 1. The topological polar surface area (TPSA) is 107 Å². The minimum absolute atomic E-state index is 0.130. The second-order valence-electron chi connectivity index (χ2n) is 8.39. The molecule has 4 aromatic heterocycles. The number of allylic oxidation sites excluding steroid dienone is 1. The summed E-state index contributed by atoms with van der Waals surface area (Å²) in [5.41, 5.74) is 5.35. The van der Waals surface area contributed by atoms with Crippen LogP contribution in [-0.2, 0) is 0 Å². The first-order valence-corrected chi connectivity index (χ1v) is 11.4. The van der Waals surface area contributed by atoms with Crippen molar-refractivity contribution in [2.75, 3.05) is 0 Å². The van der Waals surface area contributed by atoms with Gasteiger partial charge in [-0.1, -0.05) is 42.8 Å². The van der Waals surface area contributed by atoms with Crippen LogP contribution in [0, 0.1) is 0 Å². The highest BCUT2D eigenvalue weighted by Gasteiger charge is 2.25. The first kappa shape index (κ1) is 20.2. The van der Waals surface area contributed by atoms with Crippen LogP contribution in [0.15, 0.2) is 77.2 Å². The van der Waals surface area contributed by atoms with Crippen molar-refractivity contribution in [3.63, 3.8) is 0 Å². The summed E-state index contributed by atoms with van der Waals surface area (Å²) in [7, 11) is 0. The molecule has 9 nitrogen and oxygen atoms in total.